The number of rotatable bonds is 6. The van der Waals surface area contributed by atoms with Crippen molar-refractivity contribution in [3.8, 4) is 11.3 Å². The van der Waals surface area contributed by atoms with Gasteiger partial charge in [0.05, 0.1) is 18.3 Å². The van der Waals surface area contributed by atoms with Crippen LogP contribution in [0.25, 0.3) is 11.3 Å². The molecule has 0 radical (unpaired) electrons. The van der Waals surface area contributed by atoms with E-state index in [0.29, 0.717) is 11.8 Å². The fraction of sp³-hybridized carbons (Fsp3) is 0.522. The summed E-state index contributed by atoms with van der Waals surface area (Å²) in [7, 11) is 0. The number of hydrogen-bond donors (Lipinski definition) is 0. The van der Waals surface area contributed by atoms with E-state index in [9.17, 15) is 0 Å². The lowest BCUT2D eigenvalue weighted by molar-refractivity contribution is -0.0375. The summed E-state index contributed by atoms with van der Waals surface area (Å²) >= 11 is 0. The van der Waals surface area contributed by atoms with Crippen LogP contribution in [0.1, 0.15) is 31.7 Å². The van der Waals surface area contributed by atoms with Gasteiger partial charge in [-0.1, -0.05) is 5.21 Å². The lowest BCUT2D eigenvalue weighted by Crippen LogP contribution is -2.38. The van der Waals surface area contributed by atoms with Gasteiger partial charge in [-0.2, -0.15) is 5.10 Å². The van der Waals surface area contributed by atoms with Crippen LogP contribution in [0, 0.1) is 17.8 Å². The van der Waals surface area contributed by atoms with Gasteiger partial charge in [0.25, 0.3) is 0 Å². The van der Waals surface area contributed by atoms with Gasteiger partial charge < -0.3 is 9.64 Å². The third kappa shape index (κ3) is 3.92. The van der Waals surface area contributed by atoms with Crippen LogP contribution >= 0.6 is 0 Å². The highest BCUT2D eigenvalue weighted by atomic mass is 16.5. The van der Waals surface area contributed by atoms with Crippen LogP contribution in [0.4, 0.5) is 5.82 Å². The van der Waals surface area contributed by atoms with Crippen molar-refractivity contribution in [1.82, 2.24) is 30.2 Å². The Labute approximate surface area is 181 Å². The zero-order chi connectivity index (χ0) is 20.6. The van der Waals surface area contributed by atoms with Gasteiger partial charge >= 0.3 is 0 Å². The van der Waals surface area contributed by atoms with E-state index in [1.807, 2.05) is 18.2 Å². The van der Waals surface area contributed by atoms with Crippen molar-refractivity contribution in [3.63, 3.8) is 0 Å². The first-order valence-electron chi connectivity index (χ1n) is 11.3. The SMILES string of the molecule is c1cnnc(N2C[C@H]3C[C@@H](n4cc(-c5ccncc5)nn4)[C@H](OCC4CC4)C[C@H]3C2)c1. The van der Waals surface area contributed by atoms with E-state index >= 15 is 0 Å². The molecule has 0 spiro atoms. The molecule has 0 bridgehead atoms. The van der Waals surface area contributed by atoms with Gasteiger partial charge in [0.15, 0.2) is 5.82 Å². The fourth-order valence-corrected chi connectivity index (χ4v) is 5.13. The molecule has 0 aromatic carbocycles. The molecule has 6 rings (SSSR count). The Bertz CT molecular complexity index is 1010. The third-order valence-corrected chi connectivity index (χ3v) is 7.04. The topological polar surface area (TPSA) is 81.9 Å². The molecule has 1 aliphatic heterocycles. The number of fused-ring (bicyclic) bond motifs is 1. The molecule has 3 aromatic heterocycles. The largest absolute Gasteiger partial charge is 0.376 e. The first-order chi connectivity index (χ1) is 15.3. The first-order valence-corrected chi connectivity index (χ1v) is 11.3. The summed E-state index contributed by atoms with van der Waals surface area (Å²) in [6, 6.07) is 8.18. The van der Waals surface area contributed by atoms with Crippen molar-refractivity contribution in [2.45, 2.75) is 37.8 Å². The van der Waals surface area contributed by atoms with Gasteiger partial charge in [-0.25, -0.2) is 4.68 Å². The van der Waals surface area contributed by atoms with Crippen molar-refractivity contribution in [1.29, 1.82) is 0 Å². The molecule has 0 N–H and O–H groups in total. The van der Waals surface area contributed by atoms with E-state index in [0.717, 1.165) is 55.5 Å². The van der Waals surface area contributed by atoms with Crippen LogP contribution < -0.4 is 4.90 Å². The molecule has 31 heavy (non-hydrogen) atoms. The number of ether oxygens (including phenoxy) is 1. The average molecular weight is 418 g/mol. The second-order valence-electron chi connectivity index (χ2n) is 9.18. The highest BCUT2D eigenvalue weighted by Gasteiger charge is 2.44. The van der Waals surface area contributed by atoms with Gasteiger partial charge in [-0.3, -0.25) is 4.98 Å². The number of anilines is 1. The van der Waals surface area contributed by atoms with Gasteiger partial charge in [0.1, 0.15) is 5.69 Å². The summed E-state index contributed by atoms with van der Waals surface area (Å²) in [4.78, 5) is 6.49. The van der Waals surface area contributed by atoms with E-state index in [1.54, 1.807) is 18.6 Å². The van der Waals surface area contributed by atoms with Crippen LogP contribution in [0.2, 0.25) is 0 Å². The maximum atomic E-state index is 6.49. The average Bonchev–Trinajstić information content (AvgIpc) is 3.36. The van der Waals surface area contributed by atoms with E-state index < -0.39 is 0 Å². The summed E-state index contributed by atoms with van der Waals surface area (Å²) in [5, 5.41) is 17.4. The molecular weight excluding hydrogens is 390 g/mol. The molecule has 0 amide bonds. The molecule has 0 unspecified atom stereocenters. The van der Waals surface area contributed by atoms with Crippen LogP contribution in [-0.2, 0) is 4.74 Å². The lowest BCUT2D eigenvalue weighted by Gasteiger charge is -2.37. The maximum Gasteiger partial charge on any atom is 0.151 e. The normalized spacial score (nSPS) is 27.9. The number of pyridine rings is 1. The zero-order valence-corrected chi connectivity index (χ0v) is 17.5. The van der Waals surface area contributed by atoms with Crippen molar-refractivity contribution >= 4 is 5.82 Å². The molecule has 2 aliphatic carbocycles. The summed E-state index contributed by atoms with van der Waals surface area (Å²) in [6.45, 7) is 2.92. The zero-order valence-electron chi connectivity index (χ0n) is 17.5. The van der Waals surface area contributed by atoms with E-state index in [4.69, 9.17) is 4.74 Å². The molecular formula is C23H27N7O. The minimum Gasteiger partial charge on any atom is -0.376 e. The second kappa shape index (κ2) is 8.00. The molecule has 4 atom stereocenters. The minimum atomic E-state index is 0.177. The Kier molecular flexibility index (Phi) is 4.87. The van der Waals surface area contributed by atoms with Crippen molar-refractivity contribution in [3.05, 3.63) is 49.1 Å². The number of nitrogens with zero attached hydrogens (tertiary/aromatic N) is 7. The Hall–Kier alpha value is -2.87. The summed E-state index contributed by atoms with van der Waals surface area (Å²) < 4.78 is 8.54. The highest BCUT2D eigenvalue weighted by molar-refractivity contribution is 5.56. The quantitative estimate of drug-likeness (QED) is 0.610. The Morgan fingerprint density at radius 2 is 1.81 bits per heavy atom. The molecule has 3 fully saturated rings. The van der Waals surface area contributed by atoms with Crippen LogP contribution in [0.5, 0.6) is 0 Å². The van der Waals surface area contributed by atoms with E-state index in [-0.39, 0.29) is 12.1 Å². The van der Waals surface area contributed by atoms with E-state index in [2.05, 4.69) is 47.3 Å². The molecule has 3 aromatic rings. The van der Waals surface area contributed by atoms with Gasteiger partial charge in [0.2, 0.25) is 0 Å². The number of hydrogen-bond acceptors (Lipinski definition) is 7. The Morgan fingerprint density at radius 3 is 2.58 bits per heavy atom. The Balaban J connectivity index is 1.23. The standard InChI is InChI=1S/C23H27N7O/c1-2-23(27-25-7-1)29-12-18-10-21(22(11-19(18)13-29)31-15-16-3-4-16)30-14-20(26-28-30)17-5-8-24-9-6-17/h1-2,5-9,14,16,18-19,21-22H,3-4,10-13,15H2/t18-,19+,21-,22-/m1/s1. The summed E-state index contributed by atoms with van der Waals surface area (Å²) in [5.41, 5.74) is 1.93. The summed E-state index contributed by atoms with van der Waals surface area (Å²) in [5.74, 6) is 2.94. The lowest BCUT2D eigenvalue weighted by atomic mass is 9.77. The molecule has 3 aliphatic rings. The predicted octanol–water partition coefficient (Wildman–Crippen LogP) is 3.01. The Morgan fingerprint density at radius 1 is 0.968 bits per heavy atom. The van der Waals surface area contributed by atoms with Gasteiger partial charge in [0, 0.05) is 43.9 Å². The first kappa shape index (κ1) is 18.9. The van der Waals surface area contributed by atoms with Crippen molar-refractivity contribution < 1.29 is 4.74 Å². The van der Waals surface area contributed by atoms with Crippen LogP contribution in [0.15, 0.2) is 49.1 Å². The number of aromatic nitrogens is 6. The summed E-state index contributed by atoms with van der Waals surface area (Å²) in [6.07, 6.45) is 12.3. The maximum absolute atomic E-state index is 6.49. The van der Waals surface area contributed by atoms with Crippen LogP contribution in [0.3, 0.4) is 0 Å². The molecule has 1 saturated heterocycles. The van der Waals surface area contributed by atoms with Crippen LogP contribution in [-0.4, -0.2) is 56.0 Å². The highest BCUT2D eigenvalue weighted by Crippen LogP contribution is 2.44. The smallest absolute Gasteiger partial charge is 0.151 e. The monoisotopic (exact) mass is 417 g/mol. The fourth-order valence-electron chi connectivity index (χ4n) is 5.13. The molecule has 8 nitrogen and oxygen atoms in total. The molecule has 4 heterocycles. The predicted molar refractivity (Wildman–Crippen MR) is 115 cm³/mol. The molecule has 160 valence electrons. The van der Waals surface area contributed by atoms with Gasteiger partial charge in [-0.15, -0.1) is 10.2 Å². The van der Waals surface area contributed by atoms with Crippen molar-refractivity contribution in [2.75, 3.05) is 24.6 Å². The van der Waals surface area contributed by atoms with Gasteiger partial charge in [-0.05, 0) is 67.7 Å². The molecule has 2 saturated carbocycles. The van der Waals surface area contributed by atoms with Crippen molar-refractivity contribution in [2.24, 2.45) is 17.8 Å². The minimum absolute atomic E-state index is 0.177. The molecule has 8 heteroatoms. The van der Waals surface area contributed by atoms with E-state index in [1.165, 1.54) is 12.8 Å². The second-order valence-corrected chi connectivity index (χ2v) is 9.18. The third-order valence-electron chi connectivity index (χ3n) is 7.04.